The number of aliphatic hydroxyl groups excluding tert-OH is 1. The van der Waals surface area contributed by atoms with E-state index >= 15 is 0 Å². The summed E-state index contributed by atoms with van der Waals surface area (Å²) >= 11 is 0. The Kier molecular flexibility index (Phi) is 5.95. The number of rotatable bonds is 5. The molecule has 194 valence electrons. The van der Waals surface area contributed by atoms with E-state index in [1.54, 1.807) is 12.4 Å². The second kappa shape index (κ2) is 9.33. The monoisotopic (exact) mass is 510 g/mol. The molecule has 2 unspecified atom stereocenters. The van der Waals surface area contributed by atoms with Gasteiger partial charge in [-0.2, -0.15) is 9.61 Å². The smallest absolute Gasteiger partial charge is 0.251 e. The molecular formula is C29H30N6O3. The number of carbonyl (C=O) groups is 2. The molecule has 9 nitrogen and oxygen atoms in total. The number of hydrogen-bond acceptors (Lipinski definition) is 7. The minimum atomic E-state index is -1.02. The van der Waals surface area contributed by atoms with Gasteiger partial charge in [-0.1, -0.05) is 36.4 Å². The van der Waals surface area contributed by atoms with Crippen LogP contribution in [0.1, 0.15) is 61.5 Å². The third-order valence-electron chi connectivity index (χ3n) is 7.94. The average Bonchev–Trinajstić information content (AvgIpc) is 3.46. The number of ketones is 1. The van der Waals surface area contributed by atoms with Crippen LogP contribution < -0.4 is 5.73 Å². The summed E-state index contributed by atoms with van der Waals surface area (Å²) in [4.78, 5) is 37.0. The maximum absolute atomic E-state index is 12.8. The molecule has 3 aromatic heterocycles. The molecule has 2 saturated heterocycles. The molecule has 1 aromatic carbocycles. The highest BCUT2D eigenvalue weighted by Crippen LogP contribution is 2.44. The van der Waals surface area contributed by atoms with Crippen LogP contribution in [0.3, 0.4) is 0 Å². The highest BCUT2D eigenvalue weighted by molar-refractivity contribution is 6.00. The Balaban J connectivity index is 1.40. The minimum Gasteiger partial charge on any atom is -0.384 e. The van der Waals surface area contributed by atoms with Gasteiger partial charge in [0.25, 0.3) is 5.91 Å². The highest BCUT2D eigenvalue weighted by Gasteiger charge is 2.45. The van der Waals surface area contributed by atoms with Gasteiger partial charge in [-0.15, -0.1) is 0 Å². The number of aliphatic hydroxyl groups is 1. The molecule has 2 fully saturated rings. The van der Waals surface area contributed by atoms with Crippen molar-refractivity contribution >= 4 is 23.2 Å². The van der Waals surface area contributed by atoms with Crippen LogP contribution in [0, 0.1) is 0 Å². The first kappa shape index (κ1) is 24.2. The zero-order valence-corrected chi connectivity index (χ0v) is 21.4. The van der Waals surface area contributed by atoms with Crippen LogP contribution in [0.4, 0.5) is 5.82 Å². The van der Waals surface area contributed by atoms with Gasteiger partial charge < -0.3 is 15.7 Å². The van der Waals surface area contributed by atoms with Crippen LogP contribution in [0.15, 0.2) is 54.9 Å². The summed E-state index contributed by atoms with van der Waals surface area (Å²) in [5.74, 6) is -0.145. The molecule has 2 aliphatic rings. The first-order chi connectivity index (χ1) is 18.3. The number of benzene rings is 1. The number of nitrogens with zero attached hydrogens (tertiary/aromatic N) is 5. The number of anilines is 1. The quantitative estimate of drug-likeness (QED) is 0.390. The van der Waals surface area contributed by atoms with E-state index in [0.717, 1.165) is 35.2 Å². The zero-order valence-electron chi connectivity index (χ0n) is 21.4. The van der Waals surface area contributed by atoms with Crippen molar-refractivity contribution in [2.24, 2.45) is 0 Å². The molecule has 0 aliphatic carbocycles. The van der Waals surface area contributed by atoms with Crippen molar-refractivity contribution in [2.75, 3.05) is 5.73 Å². The lowest BCUT2D eigenvalue weighted by Crippen LogP contribution is -2.49. The van der Waals surface area contributed by atoms with Crippen LogP contribution in [0.5, 0.6) is 0 Å². The van der Waals surface area contributed by atoms with Crippen molar-refractivity contribution in [2.45, 2.75) is 63.6 Å². The summed E-state index contributed by atoms with van der Waals surface area (Å²) in [7, 11) is 0. The van der Waals surface area contributed by atoms with Crippen molar-refractivity contribution in [3.8, 4) is 22.4 Å². The Morgan fingerprint density at radius 3 is 2.34 bits per heavy atom. The average molecular weight is 511 g/mol. The van der Waals surface area contributed by atoms with E-state index in [1.165, 1.54) is 18.4 Å². The van der Waals surface area contributed by atoms with Crippen LogP contribution in [0.2, 0.25) is 0 Å². The molecule has 2 bridgehead atoms. The summed E-state index contributed by atoms with van der Waals surface area (Å²) in [6, 6.07) is 13.9. The predicted octanol–water partition coefficient (Wildman–Crippen LogP) is 3.86. The number of carbonyl (C=O) groups excluding carboxylic acids is 2. The van der Waals surface area contributed by atoms with Crippen LogP contribution in [-0.4, -0.2) is 59.5 Å². The Labute approximate surface area is 220 Å². The number of nitrogens with two attached hydrogens (primary N) is 1. The van der Waals surface area contributed by atoms with E-state index in [-0.39, 0.29) is 35.5 Å². The molecule has 38 heavy (non-hydrogen) atoms. The summed E-state index contributed by atoms with van der Waals surface area (Å²) in [6.07, 6.45) is 5.59. The van der Waals surface area contributed by atoms with Gasteiger partial charge in [0.2, 0.25) is 0 Å². The largest absolute Gasteiger partial charge is 0.384 e. The van der Waals surface area contributed by atoms with Gasteiger partial charge in [-0.05, 0) is 45.6 Å². The molecule has 0 saturated carbocycles. The van der Waals surface area contributed by atoms with Crippen molar-refractivity contribution in [3.05, 3.63) is 66.1 Å². The van der Waals surface area contributed by atoms with Gasteiger partial charge in [-0.3, -0.25) is 14.6 Å². The molecule has 1 amide bonds. The Hall–Kier alpha value is -4.11. The maximum atomic E-state index is 12.8. The Morgan fingerprint density at radius 2 is 1.74 bits per heavy atom. The molecule has 3 N–H and O–H groups in total. The summed E-state index contributed by atoms with van der Waals surface area (Å²) in [5, 5.41) is 14.4. The lowest BCUT2D eigenvalue weighted by molar-refractivity contribution is -0.144. The van der Waals surface area contributed by atoms with Crippen molar-refractivity contribution < 1.29 is 14.7 Å². The molecule has 0 radical (unpaired) electrons. The fraction of sp³-hybridized carbons (Fsp3) is 0.345. The third-order valence-corrected chi connectivity index (χ3v) is 7.94. The minimum absolute atomic E-state index is 0.0130. The van der Waals surface area contributed by atoms with Crippen molar-refractivity contribution in [1.82, 2.24) is 24.5 Å². The molecule has 4 aromatic rings. The predicted molar refractivity (Wildman–Crippen MR) is 143 cm³/mol. The van der Waals surface area contributed by atoms with Crippen LogP contribution >= 0.6 is 0 Å². The lowest BCUT2D eigenvalue weighted by atomic mass is 9.85. The van der Waals surface area contributed by atoms with Gasteiger partial charge in [-0.25, -0.2) is 4.98 Å². The Bertz CT molecular complexity index is 1520. The van der Waals surface area contributed by atoms with E-state index in [4.69, 9.17) is 10.7 Å². The van der Waals surface area contributed by atoms with E-state index in [2.05, 4.69) is 10.1 Å². The van der Waals surface area contributed by atoms with Gasteiger partial charge >= 0.3 is 0 Å². The number of nitrogen functional groups attached to an aromatic ring is 1. The topological polar surface area (TPSA) is 127 Å². The van der Waals surface area contributed by atoms with Crippen LogP contribution in [0.25, 0.3) is 28.0 Å². The number of Topliss-reactive ketones (excluding diaryl/α,β-unsaturated/α-hetero) is 1. The second-order valence-corrected chi connectivity index (χ2v) is 10.4. The zero-order chi connectivity index (χ0) is 26.6. The SMILES string of the molecule is CC(=O)c1c(C2CC3CCC(C2)N3C(=O)[C@@H](C)O)nc2c(-c3ccc(-c4ccccc4)nc3)cnn2c1N. The van der Waals surface area contributed by atoms with Gasteiger partial charge in [0.15, 0.2) is 11.4 Å². The van der Waals surface area contributed by atoms with Crippen LogP contribution in [-0.2, 0) is 4.79 Å². The van der Waals surface area contributed by atoms with E-state index in [9.17, 15) is 14.7 Å². The standard InChI is InChI=1S/C29H30N6O3/c1-16(36)25-26(20-12-21-9-10-22(13-20)34(21)29(38)17(2)37)33-28-23(15-32-35(28)27(25)30)19-8-11-24(31-14-19)18-6-4-3-5-7-18/h3-8,11,14-15,17,20-22,37H,9-10,12-13,30H2,1-2H3/t17-,20?,21?,22?/m1/s1. The lowest BCUT2D eigenvalue weighted by Gasteiger charge is -2.39. The van der Waals surface area contributed by atoms with E-state index < -0.39 is 6.10 Å². The molecular weight excluding hydrogens is 480 g/mol. The van der Waals surface area contributed by atoms with Gasteiger partial charge in [0.05, 0.1) is 23.1 Å². The molecule has 5 heterocycles. The van der Waals surface area contributed by atoms with Gasteiger partial charge in [0, 0.05) is 40.9 Å². The normalized spacial score (nSPS) is 21.6. The maximum Gasteiger partial charge on any atom is 0.251 e. The van der Waals surface area contributed by atoms with Gasteiger partial charge in [0.1, 0.15) is 11.9 Å². The number of aromatic nitrogens is 4. The first-order valence-electron chi connectivity index (χ1n) is 13.0. The molecule has 9 heteroatoms. The van der Waals surface area contributed by atoms with E-state index in [0.29, 0.717) is 29.7 Å². The fourth-order valence-corrected chi connectivity index (χ4v) is 6.20. The number of amides is 1. The number of hydrogen-bond donors (Lipinski definition) is 2. The number of piperidine rings is 1. The number of pyridine rings is 1. The van der Waals surface area contributed by atoms with Crippen molar-refractivity contribution in [3.63, 3.8) is 0 Å². The summed E-state index contributed by atoms with van der Waals surface area (Å²) < 4.78 is 1.53. The molecule has 3 atom stereocenters. The Morgan fingerprint density at radius 1 is 1.03 bits per heavy atom. The fourth-order valence-electron chi connectivity index (χ4n) is 6.20. The van der Waals surface area contributed by atoms with Crippen molar-refractivity contribution in [1.29, 1.82) is 0 Å². The molecule has 6 rings (SSSR count). The first-order valence-corrected chi connectivity index (χ1v) is 13.0. The summed E-state index contributed by atoms with van der Waals surface area (Å²) in [5.41, 5.74) is 11.7. The third kappa shape index (κ3) is 3.94. The highest BCUT2D eigenvalue weighted by atomic mass is 16.3. The summed E-state index contributed by atoms with van der Waals surface area (Å²) in [6.45, 7) is 3.01. The van der Waals surface area contributed by atoms with E-state index in [1.807, 2.05) is 47.4 Å². The molecule has 0 spiro atoms. The second-order valence-electron chi connectivity index (χ2n) is 10.4. The molecule has 2 aliphatic heterocycles. The number of fused-ring (bicyclic) bond motifs is 3.